The van der Waals surface area contributed by atoms with E-state index in [2.05, 4.69) is 10.3 Å². The zero-order valence-electron chi connectivity index (χ0n) is 7.49. The lowest BCUT2D eigenvalue weighted by atomic mass is 10.4. The highest BCUT2D eigenvalue weighted by Gasteiger charge is 2.14. The van der Waals surface area contributed by atoms with Crippen LogP contribution >= 0.6 is 22.3 Å². The molecule has 15 heavy (non-hydrogen) atoms. The Balaban J connectivity index is 3.23. The normalized spacial score (nSPS) is 11.1. The number of hydrogen-bond donors (Lipinski definition) is 1. The number of nitrogens with one attached hydrogen (secondary N) is 1. The second-order valence-corrected chi connectivity index (χ2v) is 5.54. The van der Waals surface area contributed by atoms with Gasteiger partial charge in [-0.1, -0.05) is 11.6 Å². The average Bonchev–Trinajstić information content (AvgIpc) is 1.99. The van der Waals surface area contributed by atoms with Crippen molar-refractivity contribution in [3.05, 3.63) is 17.3 Å². The molecule has 0 spiro atoms. The van der Waals surface area contributed by atoms with E-state index in [-0.39, 0.29) is 16.7 Å². The van der Waals surface area contributed by atoms with Gasteiger partial charge < -0.3 is 5.32 Å². The van der Waals surface area contributed by atoms with E-state index in [1.807, 2.05) is 0 Å². The Labute approximate surface area is 95.8 Å². The van der Waals surface area contributed by atoms with Crippen molar-refractivity contribution in [3.63, 3.8) is 0 Å². The Morgan fingerprint density at radius 1 is 1.47 bits per heavy atom. The van der Waals surface area contributed by atoms with Crippen LogP contribution in [0, 0.1) is 0 Å². The minimum Gasteiger partial charge on any atom is -0.326 e. The van der Waals surface area contributed by atoms with Crippen molar-refractivity contribution in [1.29, 1.82) is 0 Å². The SMILES string of the molecule is CC(=O)Nc1cc(Cl)nc(S(=O)(=O)Cl)c1. The molecule has 0 aliphatic carbocycles. The fraction of sp³-hybridized carbons (Fsp3) is 0.143. The number of aromatic nitrogens is 1. The number of carbonyl (C=O) groups excluding carboxylic acids is 1. The summed E-state index contributed by atoms with van der Waals surface area (Å²) in [5.74, 6) is -0.352. The molecule has 1 aromatic rings. The average molecular weight is 269 g/mol. The van der Waals surface area contributed by atoms with Crippen LogP contribution in [0.3, 0.4) is 0 Å². The van der Waals surface area contributed by atoms with Gasteiger partial charge in [-0.25, -0.2) is 13.4 Å². The van der Waals surface area contributed by atoms with E-state index >= 15 is 0 Å². The van der Waals surface area contributed by atoms with Crippen molar-refractivity contribution in [1.82, 2.24) is 4.98 Å². The molecule has 0 radical (unpaired) electrons. The second kappa shape index (κ2) is 4.34. The molecule has 0 atom stereocenters. The smallest absolute Gasteiger partial charge is 0.278 e. The minimum absolute atomic E-state index is 0.0690. The highest BCUT2D eigenvalue weighted by atomic mass is 35.7. The van der Waals surface area contributed by atoms with Crippen molar-refractivity contribution in [2.75, 3.05) is 5.32 Å². The highest BCUT2D eigenvalue weighted by molar-refractivity contribution is 8.13. The van der Waals surface area contributed by atoms with Gasteiger partial charge in [0.25, 0.3) is 9.05 Å². The number of carbonyl (C=O) groups is 1. The third kappa shape index (κ3) is 3.65. The monoisotopic (exact) mass is 268 g/mol. The fourth-order valence-corrected chi connectivity index (χ4v) is 1.84. The lowest BCUT2D eigenvalue weighted by Gasteiger charge is -2.03. The first-order valence-corrected chi connectivity index (χ1v) is 6.37. The molecule has 0 aliphatic rings. The van der Waals surface area contributed by atoms with Gasteiger partial charge in [0.05, 0.1) is 0 Å². The third-order valence-corrected chi connectivity index (χ3v) is 2.72. The van der Waals surface area contributed by atoms with Crippen LogP contribution in [0.25, 0.3) is 0 Å². The molecule has 0 aromatic carbocycles. The molecular formula is C7H6Cl2N2O3S. The Morgan fingerprint density at radius 2 is 2.07 bits per heavy atom. The first-order valence-electron chi connectivity index (χ1n) is 3.69. The van der Waals surface area contributed by atoms with Crippen LogP contribution in [-0.4, -0.2) is 19.3 Å². The van der Waals surface area contributed by atoms with Crippen LogP contribution in [0.15, 0.2) is 17.2 Å². The molecule has 5 nitrogen and oxygen atoms in total. The summed E-state index contributed by atoms with van der Waals surface area (Å²) in [5, 5.41) is 1.90. The maximum absolute atomic E-state index is 11.0. The summed E-state index contributed by atoms with van der Waals surface area (Å²) in [6.45, 7) is 1.28. The van der Waals surface area contributed by atoms with Crippen LogP contribution < -0.4 is 5.32 Å². The number of halogens is 2. The molecule has 0 saturated heterocycles. The first kappa shape index (κ1) is 12.2. The van der Waals surface area contributed by atoms with Gasteiger partial charge in [0, 0.05) is 29.4 Å². The summed E-state index contributed by atoms with van der Waals surface area (Å²) in [5.41, 5.74) is 0.224. The molecule has 82 valence electrons. The predicted molar refractivity (Wildman–Crippen MR) is 56.6 cm³/mol. The Bertz CT molecular complexity index is 501. The van der Waals surface area contributed by atoms with Crippen molar-refractivity contribution in [2.45, 2.75) is 11.9 Å². The molecule has 0 aliphatic heterocycles. The van der Waals surface area contributed by atoms with Gasteiger partial charge >= 0.3 is 0 Å². The van der Waals surface area contributed by atoms with Crippen LogP contribution in [0.1, 0.15) is 6.92 Å². The van der Waals surface area contributed by atoms with Gasteiger partial charge in [-0.3, -0.25) is 4.79 Å². The van der Waals surface area contributed by atoms with Crippen molar-refractivity contribution in [3.8, 4) is 0 Å². The van der Waals surface area contributed by atoms with Gasteiger partial charge in [0.15, 0.2) is 5.03 Å². The Hall–Kier alpha value is -0.850. The molecule has 1 amide bonds. The lowest BCUT2D eigenvalue weighted by molar-refractivity contribution is -0.114. The maximum atomic E-state index is 11.0. The molecule has 0 saturated carbocycles. The van der Waals surface area contributed by atoms with Crippen LogP contribution in [0.4, 0.5) is 5.69 Å². The van der Waals surface area contributed by atoms with Crippen LogP contribution in [0.5, 0.6) is 0 Å². The van der Waals surface area contributed by atoms with E-state index in [1.165, 1.54) is 13.0 Å². The predicted octanol–water partition coefficient (Wildman–Crippen LogP) is 1.62. The van der Waals surface area contributed by atoms with E-state index in [0.717, 1.165) is 6.07 Å². The molecule has 1 heterocycles. The number of anilines is 1. The quantitative estimate of drug-likeness (QED) is 0.653. The topological polar surface area (TPSA) is 76.1 Å². The largest absolute Gasteiger partial charge is 0.326 e. The maximum Gasteiger partial charge on any atom is 0.278 e. The molecular weight excluding hydrogens is 263 g/mol. The first-order chi connectivity index (χ1) is 6.79. The zero-order chi connectivity index (χ0) is 11.6. The van der Waals surface area contributed by atoms with Gasteiger partial charge in [-0.2, -0.15) is 0 Å². The van der Waals surface area contributed by atoms with Gasteiger partial charge in [0.2, 0.25) is 5.91 Å². The highest BCUT2D eigenvalue weighted by Crippen LogP contribution is 2.21. The van der Waals surface area contributed by atoms with E-state index in [9.17, 15) is 13.2 Å². The van der Waals surface area contributed by atoms with E-state index < -0.39 is 14.1 Å². The van der Waals surface area contributed by atoms with Gasteiger partial charge in [0.1, 0.15) is 5.15 Å². The second-order valence-electron chi connectivity index (χ2n) is 2.64. The summed E-state index contributed by atoms with van der Waals surface area (Å²) in [6.07, 6.45) is 0. The molecule has 1 rings (SSSR count). The molecule has 1 N–H and O–H groups in total. The summed E-state index contributed by atoms with van der Waals surface area (Å²) >= 11 is 5.55. The van der Waals surface area contributed by atoms with Crippen molar-refractivity contribution < 1.29 is 13.2 Å². The van der Waals surface area contributed by atoms with Crippen LogP contribution in [-0.2, 0) is 13.8 Å². The number of nitrogens with zero attached hydrogens (tertiary/aromatic N) is 1. The summed E-state index contributed by atoms with van der Waals surface area (Å²) < 4.78 is 21.9. The fourth-order valence-electron chi connectivity index (χ4n) is 0.873. The van der Waals surface area contributed by atoms with E-state index in [0.29, 0.717) is 0 Å². The number of rotatable bonds is 2. The zero-order valence-corrected chi connectivity index (χ0v) is 9.82. The molecule has 0 unspecified atom stereocenters. The summed E-state index contributed by atoms with van der Waals surface area (Å²) in [4.78, 5) is 14.2. The van der Waals surface area contributed by atoms with Crippen molar-refractivity contribution in [2.24, 2.45) is 0 Å². The van der Waals surface area contributed by atoms with Gasteiger partial charge in [-0.05, 0) is 6.07 Å². The summed E-state index contributed by atoms with van der Waals surface area (Å²) in [7, 11) is 1.12. The molecule has 0 bridgehead atoms. The van der Waals surface area contributed by atoms with Gasteiger partial charge in [-0.15, -0.1) is 0 Å². The third-order valence-electron chi connectivity index (χ3n) is 1.34. The number of pyridine rings is 1. The lowest BCUT2D eigenvalue weighted by Crippen LogP contribution is -2.07. The summed E-state index contributed by atoms with van der Waals surface area (Å²) in [6, 6.07) is 2.43. The standard InChI is InChI=1S/C7H6Cl2N2O3S/c1-4(12)10-5-2-6(8)11-7(3-5)15(9,13)14/h2-3H,1H3,(H,10,11,12). The number of amides is 1. The molecule has 8 heteroatoms. The number of hydrogen-bond acceptors (Lipinski definition) is 4. The van der Waals surface area contributed by atoms with Crippen LogP contribution in [0.2, 0.25) is 5.15 Å². The Morgan fingerprint density at radius 3 is 2.53 bits per heavy atom. The Kier molecular flexibility index (Phi) is 3.54. The molecule has 0 fully saturated rings. The minimum atomic E-state index is -3.96. The van der Waals surface area contributed by atoms with E-state index in [1.54, 1.807) is 0 Å². The van der Waals surface area contributed by atoms with E-state index in [4.69, 9.17) is 22.3 Å². The molecule has 1 aromatic heterocycles. The van der Waals surface area contributed by atoms with Crippen molar-refractivity contribution >= 4 is 42.9 Å².